The molecule has 4 rings (SSSR count). The quantitative estimate of drug-likeness (QED) is 0.309. The number of rotatable bonds is 9. The molecule has 0 radical (unpaired) electrons. The van der Waals surface area contributed by atoms with Crippen LogP contribution in [0.25, 0.3) is 11.1 Å². The molecule has 0 aliphatic heterocycles. The van der Waals surface area contributed by atoms with E-state index in [4.69, 9.17) is 11.6 Å². The molecule has 3 heteroatoms. The lowest BCUT2D eigenvalue weighted by Gasteiger charge is -2.32. The number of hydrogen-bond acceptors (Lipinski definition) is 0. The number of halogens is 3. The molecule has 0 bridgehead atoms. The second-order valence-corrected chi connectivity index (χ2v) is 11.5. The maximum absolute atomic E-state index is 14.9. The Balaban J connectivity index is 1.21. The molecule has 0 saturated heterocycles. The Labute approximate surface area is 210 Å². The third kappa shape index (κ3) is 6.84. The van der Waals surface area contributed by atoms with Crippen LogP contribution in [0.4, 0.5) is 8.78 Å². The lowest BCUT2D eigenvalue weighted by molar-refractivity contribution is 0.222. The van der Waals surface area contributed by atoms with Gasteiger partial charge in [0.2, 0.25) is 0 Å². The van der Waals surface area contributed by atoms with Gasteiger partial charge in [-0.1, -0.05) is 101 Å². The van der Waals surface area contributed by atoms with E-state index >= 15 is 0 Å². The molecule has 2 fully saturated rings. The third-order valence-corrected chi connectivity index (χ3v) is 9.01. The zero-order chi connectivity index (χ0) is 23.9. The van der Waals surface area contributed by atoms with Gasteiger partial charge >= 0.3 is 0 Å². The highest BCUT2D eigenvalue weighted by atomic mass is 35.5. The molecule has 0 spiro atoms. The fourth-order valence-electron chi connectivity index (χ4n) is 6.43. The summed E-state index contributed by atoms with van der Waals surface area (Å²) >= 11 is 5.77. The van der Waals surface area contributed by atoms with E-state index in [0.717, 1.165) is 36.2 Å². The van der Waals surface area contributed by atoms with Crippen molar-refractivity contribution in [3.8, 4) is 11.1 Å². The Morgan fingerprint density at radius 2 is 1.32 bits per heavy atom. The first-order valence-corrected chi connectivity index (χ1v) is 14.2. The Bertz CT molecular complexity index is 908. The van der Waals surface area contributed by atoms with Crippen molar-refractivity contribution in [2.75, 3.05) is 0 Å². The average molecular weight is 487 g/mol. The molecular formula is C31H41ClF2. The lowest BCUT2D eigenvalue weighted by atomic mass is 9.74. The first-order chi connectivity index (χ1) is 16.5. The van der Waals surface area contributed by atoms with E-state index in [1.165, 1.54) is 89.2 Å². The summed E-state index contributed by atoms with van der Waals surface area (Å²) in [5, 5.41) is 0.0626. The van der Waals surface area contributed by atoms with Gasteiger partial charge in [0.15, 0.2) is 0 Å². The second-order valence-electron chi connectivity index (χ2n) is 11.0. The number of hydrogen-bond donors (Lipinski definition) is 0. The van der Waals surface area contributed by atoms with Gasteiger partial charge in [0.1, 0.15) is 11.6 Å². The Morgan fingerprint density at radius 1 is 0.706 bits per heavy atom. The molecule has 0 aromatic heterocycles. The Kier molecular flexibility index (Phi) is 9.46. The molecular weight excluding hydrogens is 446 g/mol. The highest BCUT2D eigenvalue weighted by Gasteiger charge is 2.26. The van der Waals surface area contributed by atoms with Crippen LogP contribution in [0.2, 0.25) is 5.02 Å². The molecule has 2 saturated carbocycles. The van der Waals surface area contributed by atoms with Gasteiger partial charge in [-0.05, 0) is 78.7 Å². The van der Waals surface area contributed by atoms with E-state index in [1.54, 1.807) is 18.2 Å². The van der Waals surface area contributed by atoms with Crippen LogP contribution in [0, 0.1) is 29.4 Å². The van der Waals surface area contributed by atoms with Crippen LogP contribution in [-0.4, -0.2) is 0 Å². The van der Waals surface area contributed by atoms with Crippen LogP contribution in [0.5, 0.6) is 0 Å². The second kappa shape index (κ2) is 12.5. The summed E-state index contributed by atoms with van der Waals surface area (Å²) in [6.45, 7) is 2.30. The summed E-state index contributed by atoms with van der Waals surface area (Å²) in [4.78, 5) is 0. The van der Waals surface area contributed by atoms with E-state index in [2.05, 4.69) is 6.92 Å². The van der Waals surface area contributed by atoms with Crippen molar-refractivity contribution in [1.29, 1.82) is 0 Å². The monoisotopic (exact) mass is 486 g/mol. The largest absolute Gasteiger partial charge is 0.206 e. The van der Waals surface area contributed by atoms with E-state index in [-0.39, 0.29) is 10.8 Å². The molecule has 0 N–H and O–H groups in total. The summed E-state index contributed by atoms with van der Waals surface area (Å²) in [7, 11) is 0. The first kappa shape index (κ1) is 25.7. The molecule has 0 nitrogen and oxygen atoms in total. The van der Waals surface area contributed by atoms with Crippen molar-refractivity contribution >= 4 is 11.6 Å². The highest BCUT2D eigenvalue weighted by Crippen LogP contribution is 2.41. The number of unbranched alkanes of at least 4 members (excludes halogenated alkanes) is 2. The predicted molar refractivity (Wildman–Crippen MR) is 140 cm³/mol. The molecule has 2 aromatic rings. The fraction of sp³-hybridized carbons (Fsp3) is 0.613. The smallest absolute Gasteiger partial charge is 0.142 e. The van der Waals surface area contributed by atoms with Gasteiger partial charge in [0, 0.05) is 5.56 Å². The predicted octanol–water partition coefficient (Wildman–Crippen LogP) is 10.7. The molecule has 0 heterocycles. The van der Waals surface area contributed by atoms with E-state index in [9.17, 15) is 8.78 Å². The molecule has 2 aromatic carbocycles. The van der Waals surface area contributed by atoms with Crippen LogP contribution in [-0.2, 0) is 0 Å². The third-order valence-electron chi connectivity index (χ3n) is 8.71. The summed E-state index contributed by atoms with van der Waals surface area (Å²) in [5.74, 6) is 2.47. The maximum Gasteiger partial charge on any atom is 0.142 e. The highest BCUT2D eigenvalue weighted by molar-refractivity contribution is 6.30. The minimum Gasteiger partial charge on any atom is -0.206 e. The van der Waals surface area contributed by atoms with Gasteiger partial charge in [-0.15, -0.1) is 0 Å². The molecule has 2 aliphatic rings. The summed E-state index contributed by atoms with van der Waals surface area (Å²) in [6.07, 6.45) is 19.1. The van der Waals surface area contributed by atoms with Crippen molar-refractivity contribution in [2.45, 2.75) is 103 Å². The Morgan fingerprint density at radius 3 is 1.91 bits per heavy atom. The van der Waals surface area contributed by atoms with Crippen LogP contribution >= 0.6 is 11.6 Å². The van der Waals surface area contributed by atoms with Gasteiger partial charge in [-0.25, -0.2) is 8.78 Å². The van der Waals surface area contributed by atoms with Crippen LogP contribution < -0.4 is 0 Å². The van der Waals surface area contributed by atoms with Gasteiger partial charge in [-0.2, -0.15) is 0 Å². The topological polar surface area (TPSA) is 0 Å². The van der Waals surface area contributed by atoms with Crippen molar-refractivity contribution < 1.29 is 8.78 Å². The van der Waals surface area contributed by atoms with Gasteiger partial charge in [-0.3, -0.25) is 0 Å². The van der Waals surface area contributed by atoms with Crippen LogP contribution in [0.3, 0.4) is 0 Å². The standard InChI is InChI=1S/C31H41ClF2/c1-2-3-4-5-22-6-8-23(9-7-22)10-11-24-12-14-25(15-13-24)26-16-18-28(30(33)20-26)27-17-19-29(32)31(34)21-27/h16-25H,2-15H2,1H3/t22-,23-,24?,25?. The SMILES string of the molecule is CCCCC[C@H]1CC[C@H](CCC2CCC(c3ccc(-c4ccc(Cl)c(F)c4)c(F)c3)CC2)CC1. The molecule has 0 unspecified atom stereocenters. The van der Waals surface area contributed by atoms with Crippen LogP contribution in [0.1, 0.15) is 108 Å². The zero-order valence-corrected chi connectivity index (χ0v) is 21.6. The molecule has 186 valence electrons. The minimum atomic E-state index is -0.513. The fourth-order valence-corrected chi connectivity index (χ4v) is 6.55. The molecule has 34 heavy (non-hydrogen) atoms. The summed E-state index contributed by atoms with van der Waals surface area (Å²) < 4.78 is 28.7. The minimum absolute atomic E-state index is 0.0626. The first-order valence-electron chi connectivity index (χ1n) is 13.8. The van der Waals surface area contributed by atoms with Crippen molar-refractivity contribution in [3.63, 3.8) is 0 Å². The Hall–Kier alpha value is -1.41. The average Bonchev–Trinajstić information content (AvgIpc) is 2.86. The summed E-state index contributed by atoms with van der Waals surface area (Å²) in [6, 6.07) is 9.98. The van der Waals surface area contributed by atoms with Gasteiger partial charge in [0.05, 0.1) is 5.02 Å². The summed E-state index contributed by atoms with van der Waals surface area (Å²) in [5.41, 5.74) is 2.06. The van der Waals surface area contributed by atoms with E-state index in [0.29, 0.717) is 17.0 Å². The van der Waals surface area contributed by atoms with E-state index in [1.807, 2.05) is 6.07 Å². The maximum atomic E-state index is 14.9. The van der Waals surface area contributed by atoms with E-state index < -0.39 is 5.82 Å². The van der Waals surface area contributed by atoms with Crippen molar-refractivity contribution in [1.82, 2.24) is 0 Å². The normalized spacial score (nSPS) is 25.4. The number of benzene rings is 2. The van der Waals surface area contributed by atoms with Gasteiger partial charge < -0.3 is 0 Å². The van der Waals surface area contributed by atoms with Crippen molar-refractivity contribution in [2.24, 2.45) is 17.8 Å². The zero-order valence-electron chi connectivity index (χ0n) is 20.8. The van der Waals surface area contributed by atoms with Crippen molar-refractivity contribution in [3.05, 3.63) is 58.6 Å². The molecule has 0 amide bonds. The van der Waals surface area contributed by atoms with Gasteiger partial charge in [0.25, 0.3) is 0 Å². The lowest BCUT2D eigenvalue weighted by Crippen LogP contribution is -2.18. The van der Waals surface area contributed by atoms with Crippen LogP contribution in [0.15, 0.2) is 36.4 Å². The molecule has 0 atom stereocenters. The molecule has 2 aliphatic carbocycles.